The van der Waals surface area contributed by atoms with E-state index in [0.29, 0.717) is 0 Å². The van der Waals surface area contributed by atoms with Gasteiger partial charge in [0.15, 0.2) is 0 Å². The molecule has 0 saturated carbocycles. The Morgan fingerprint density at radius 2 is 2.41 bits per heavy atom. The van der Waals surface area contributed by atoms with Gasteiger partial charge in [-0.15, -0.1) is 17.9 Å². The number of hydrogen-bond donors (Lipinski definition) is 0. The zero-order chi connectivity index (χ0) is 12.3. The number of fused-ring (bicyclic) bond motifs is 1. The van der Waals surface area contributed by atoms with Crippen molar-refractivity contribution >= 4 is 44.8 Å². The van der Waals surface area contributed by atoms with Gasteiger partial charge in [-0.25, -0.2) is 0 Å². The summed E-state index contributed by atoms with van der Waals surface area (Å²) in [6, 6.07) is 2.06. The minimum Gasteiger partial charge on any atom is -0.293 e. The number of rotatable bonds is 4. The van der Waals surface area contributed by atoms with E-state index >= 15 is 0 Å². The molecule has 0 bridgehead atoms. The van der Waals surface area contributed by atoms with Crippen LogP contribution in [0.15, 0.2) is 17.4 Å². The van der Waals surface area contributed by atoms with Gasteiger partial charge in [0.1, 0.15) is 0 Å². The third kappa shape index (κ3) is 3.21. The van der Waals surface area contributed by atoms with Gasteiger partial charge < -0.3 is 0 Å². The summed E-state index contributed by atoms with van der Waals surface area (Å²) in [4.78, 5) is 4.57. The summed E-state index contributed by atoms with van der Waals surface area (Å²) in [5, 5.41) is 6.60. The van der Waals surface area contributed by atoms with Crippen molar-refractivity contribution in [3.63, 3.8) is 0 Å². The Morgan fingerprint density at radius 1 is 1.59 bits per heavy atom. The minimum atomic E-state index is -0.208. The van der Waals surface area contributed by atoms with E-state index in [2.05, 4.69) is 45.9 Å². The summed E-state index contributed by atoms with van der Waals surface area (Å²) in [7, 11) is 6.42. The van der Waals surface area contributed by atoms with Crippen LogP contribution in [0.3, 0.4) is 0 Å². The van der Waals surface area contributed by atoms with Crippen LogP contribution in [0.5, 0.6) is 0 Å². The zero-order valence-corrected chi connectivity index (χ0v) is 14.0. The van der Waals surface area contributed by atoms with Crippen LogP contribution < -0.4 is 5.44 Å². The molecule has 4 atom stereocenters. The van der Waals surface area contributed by atoms with Crippen LogP contribution in [0.25, 0.3) is 0 Å². The van der Waals surface area contributed by atoms with Gasteiger partial charge >= 0.3 is 0 Å². The molecule has 1 aliphatic heterocycles. The fourth-order valence-corrected chi connectivity index (χ4v) is 5.33. The smallest absolute Gasteiger partial charge is 0.0770 e. The number of nitrogens with zero attached hydrogens (tertiary/aromatic N) is 3. The first kappa shape index (κ1) is 13.8. The van der Waals surface area contributed by atoms with E-state index in [1.165, 1.54) is 16.6 Å². The second-order valence-corrected chi connectivity index (χ2v) is 12.9. The molecule has 0 N–H and O–H groups in total. The monoisotopic (exact) mass is 303 g/mol. The van der Waals surface area contributed by atoms with Gasteiger partial charge in [0.25, 0.3) is 0 Å². The van der Waals surface area contributed by atoms with Crippen LogP contribution in [-0.4, -0.2) is 22.8 Å². The summed E-state index contributed by atoms with van der Waals surface area (Å²) in [6.07, 6.45) is 5.00. The molecule has 0 radical (unpaired) electrons. The molecule has 0 fully saturated rings. The van der Waals surface area contributed by atoms with Gasteiger partial charge in [-0.05, 0) is 19.8 Å². The van der Waals surface area contributed by atoms with Crippen LogP contribution in [0, 0.1) is 0 Å². The van der Waals surface area contributed by atoms with Crippen molar-refractivity contribution in [1.29, 1.82) is 0 Å². The maximum Gasteiger partial charge on any atom is 0.0770 e. The highest BCUT2D eigenvalue weighted by atomic mass is 32.6. The molecular formula is C10H17N3P4. The molecule has 0 aromatic carbocycles. The SMILES string of the molecule is CCCN1Cc2c(ccnc2P(P)PP)C=N1. The van der Waals surface area contributed by atoms with Crippen LogP contribution in [0.1, 0.15) is 24.5 Å². The third-order valence-electron chi connectivity index (χ3n) is 2.62. The van der Waals surface area contributed by atoms with Crippen molar-refractivity contribution in [3.8, 4) is 0 Å². The molecule has 1 aliphatic rings. The zero-order valence-electron chi connectivity index (χ0n) is 9.80. The van der Waals surface area contributed by atoms with E-state index in [4.69, 9.17) is 0 Å². The molecule has 4 unspecified atom stereocenters. The van der Waals surface area contributed by atoms with Gasteiger partial charge in [-0.2, -0.15) is 5.10 Å². The molecule has 1 aromatic heterocycles. The van der Waals surface area contributed by atoms with Crippen molar-refractivity contribution in [3.05, 3.63) is 23.4 Å². The Balaban J connectivity index is 2.32. The van der Waals surface area contributed by atoms with E-state index in [0.717, 1.165) is 27.5 Å². The Morgan fingerprint density at radius 3 is 3.12 bits per heavy atom. The van der Waals surface area contributed by atoms with Gasteiger partial charge in [0, 0.05) is 23.9 Å². The van der Waals surface area contributed by atoms with Crippen LogP contribution in [0.2, 0.25) is 0 Å². The van der Waals surface area contributed by atoms with Gasteiger partial charge in [-0.3, -0.25) is 9.99 Å². The largest absolute Gasteiger partial charge is 0.293 e. The van der Waals surface area contributed by atoms with Crippen molar-refractivity contribution in [2.75, 3.05) is 6.54 Å². The van der Waals surface area contributed by atoms with E-state index in [1.54, 1.807) is 0 Å². The molecular weight excluding hydrogens is 286 g/mol. The lowest BCUT2D eigenvalue weighted by molar-refractivity contribution is 0.278. The van der Waals surface area contributed by atoms with Gasteiger partial charge in [0.2, 0.25) is 0 Å². The fraction of sp³-hybridized carbons (Fsp3) is 0.400. The van der Waals surface area contributed by atoms with E-state index in [9.17, 15) is 0 Å². The average molecular weight is 303 g/mol. The first-order valence-corrected chi connectivity index (χ1v) is 12.1. The molecule has 17 heavy (non-hydrogen) atoms. The normalized spacial score (nSPS) is 16.5. The molecule has 0 aliphatic carbocycles. The van der Waals surface area contributed by atoms with E-state index in [-0.39, 0.29) is 7.30 Å². The second kappa shape index (κ2) is 6.49. The first-order valence-electron chi connectivity index (χ1n) is 5.54. The average Bonchev–Trinajstić information content (AvgIpc) is 2.37. The predicted octanol–water partition coefficient (Wildman–Crippen LogP) is 2.92. The highest BCUT2D eigenvalue weighted by Gasteiger charge is 2.18. The lowest BCUT2D eigenvalue weighted by atomic mass is 10.1. The summed E-state index contributed by atoms with van der Waals surface area (Å²) in [5.74, 6) is 0. The summed E-state index contributed by atoms with van der Waals surface area (Å²) >= 11 is 0. The molecule has 0 amide bonds. The maximum absolute atomic E-state index is 4.57. The Hall–Kier alpha value is 0.340. The van der Waals surface area contributed by atoms with Crippen LogP contribution >= 0.6 is 33.1 Å². The number of aromatic nitrogens is 1. The summed E-state index contributed by atoms with van der Waals surface area (Å²) < 4.78 is 0. The van der Waals surface area contributed by atoms with Crippen molar-refractivity contribution in [1.82, 2.24) is 9.99 Å². The molecule has 92 valence electrons. The molecule has 7 heteroatoms. The molecule has 2 rings (SSSR count). The third-order valence-corrected chi connectivity index (χ3v) is 12.5. The van der Waals surface area contributed by atoms with Crippen molar-refractivity contribution < 1.29 is 0 Å². The number of hydrazone groups is 1. The van der Waals surface area contributed by atoms with Gasteiger partial charge in [0.05, 0.1) is 18.2 Å². The first-order chi connectivity index (χ1) is 8.26. The predicted molar refractivity (Wildman–Crippen MR) is 86.8 cm³/mol. The highest BCUT2D eigenvalue weighted by Crippen LogP contribution is 2.64. The quantitative estimate of drug-likeness (QED) is 0.800. The fourth-order valence-electron chi connectivity index (χ4n) is 1.81. The van der Waals surface area contributed by atoms with Crippen LogP contribution in [0.4, 0.5) is 0 Å². The lowest BCUT2D eigenvalue weighted by Crippen LogP contribution is -2.27. The van der Waals surface area contributed by atoms with E-state index < -0.39 is 0 Å². The second-order valence-electron chi connectivity index (χ2n) is 3.83. The lowest BCUT2D eigenvalue weighted by Gasteiger charge is -2.26. The standard InChI is InChI=1S/C10H17N3P4/c1-2-5-13-7-9-8(6-12-13)3-4-11-10(9)17(15)16-14/h3-4,6,16H,2,5,7,14-15H2,1H3. The summed E-state index contributed by atoms with van der Waals surface area (Å²) in [5.41, 5.74) is 3.87. The summed E-state index contributed by atoms with van der Waals surface area (Å²) in [6.45, 7) is 4.11. The Bertz CT molecular complexity index is 424. The molecule has 3 nitrogen and oxygen atoms in total. The Kier molecular flexibility index (Phi) is 5.25. The Labute approximate surface area is 110 Å². The molecule has 2 heterocycles. The molecule has 0 spiro atoms. The van der Waals surface area contributed by atoms with E-state index in [1.807, 2.05) is 12.4 Å². The van der Waals surface area contributed by atoms with Gasteiger partial charge in [-0.1, -0.05) is 14.9 Å². The number of hydrogen-bond acceptors (Lipinski definition) is 3. The van der Waals surface area contributed by atoms with Crippen LogP contribution in [-0.2, 0) is 6.54 Å². The van der Waals surface area contributed by atoms with Crippen molar-refractivity contribution in [2.45, 2.75) is 19.9 Å². The maximum atomic E-state index is 4.57. The van der Waals surface area contributed by atoms with Crippen molar-refractivity contribution in [2.24, 2.45) is 5.10 Å². The highest BCUT2D eigenvalue weighted by molar-refractivity contribution is 8.63. The number of pyridine rings is 1. The minimum absolute atomic E-state index is 0.208. The topological polar surface area (TPSA) is 28.5 Å². The molecule has 0 saturated heterocycles. The molecule has 1 aromatic rings.